The largest absolute Gasteiger partial charge is 0.497 e. The van der Waals surface area contributed by atoms with Crippen molar-refractivity contribution in [3.05, 3.63) is 28.3 Å². The Morgan fingerprint density at radius 3 is 2.61 bits per heavy atom. The van der Waals surface area contributed by atoms with Gasteiger partial charge >= 0.3 is 0 Å². The lowest BCUT2D eigenvalue weighted by Gasteiger charge is -2.23. The minimum Gasteiger partial charge on any atom is -0.497 e. The number of methoxy groups -OCH3 is 1. The third kappa shape index (κ3) is 3.61. The first kappa shape index (κ1) is 14.3. The third-order valence-electron chi connectivity index (χ3n) is 3.11. The molecule has 0 fully saturated rings. The summed E-state index contributed by atoms with van der Waals surface area (Å²) in [6, 6.07) is 4.71. The van der Waals surface area contributed by atoms with E-state index >= 15 is 0 Å². The van der Waals surface area contributed by atoms with Crippen LogP contribution in [0.2, 0.25) is 0 Å². The van der Waals surface area contributed by atoms with Crippen LogP contribution in [-0.4, -0.2) is 18.6 Å². The Morgan fingerprint density at radius 2 is 2.11 bits per heavy atom. The SMILES string of the molecule is CCC(C)(C)CNc1cc(OC)ccc1[N+](=O)[O-]. The van der Waals surface area contributed by atoms with Gasteiger partial charge in [-0.3, -0.25) is 10.1 Å². The zero-order valence-corrected chi connectivity index (χ0v) is 11.3. The van der Waals surface area contributed by atoms with Crippen LogP contribution in [-0.2, 0) is 0 Å². The smallest absolute Gasteiger partial charge is 0.292 e. The second-order valence-electron chi connectivity index (χ2n) is 5.01. The van der Waals surface area contributed by atoms with Crippen LogP contribution < -0.4 is 10.1 Å². The number of nitro benzene ring substituents is 1. The predicted molar refractivity (Wildman–Crippen MR) is 72.2 cm³/mol. The molecule has 0 saturated heterocycles. The van der Waals surface area contributed by atoms with E-state index < -0.39 is 0 Å². The summed E-state index contributed by atoms with van der Waals surface area (Å²) in [5, 5.41) is 14.1. The Hall–Kier alpha value is -1.78. The van der Waals surface area contributed by atoms with Crippen LogP contribution in [0.25, 0.3) is 0 Å². The maximum atomic E-state index is 10.9. The molecule has 0 unspecified atom stereocenters. The van der Waals surface area contributed by atoms with Gasteiger partial charge in [0.05, 0.1) is 12.0 Å². The summed E-state index contributed by atoms with van der Waals surface area (Å²) in [6.07, 6.45) is 0.998. The highest BCUT2D eigenvalue weighted by Gasteiger charge is 2.19. The zero-order chi connectivity index (χ0) is 13.8. The van der Waals surface area contributed by atoms with E-state index in [1.807, 2.05) is 0 Å². The first-order valence-electron chi connectivity index (χ1n) is 5.96. The molecule has 1 rings (SSSR count). The predicted octanol–water partition coefficient (Wildman–Crippen LogP) is 3.45. The number of anilines is 1. The standard InChI is InChI=1S/C13H20N2O3/c1-5-13(2,3)9-14-11-8-10(18-4)6-7-12(11)15(16)17/h6-8,14H,5,9H2,1-4H3. The number of benzene rings is 1. The van der Waals surface area contributed by atoms with Crippen LogP contribution in [0.1, 0.15) is 27.2 Å². The Balaban J connectivity index is 2.94. The molecule has 0 aliphatic rings. The second-order valence-corrected chi connectivity index (χ2v) is 5.01. The van der Waals surface area contributed by atoms with Gasteiger partial charge in [0.1, 0.15) is 11.4 Å². The molecule has 0 aliphatic carbocycles. The molecule has 5 nitrogen and oxygen atoms in total. The van der Waals surface area contributed by atoms with Gasteiger partial charge in [0.2, 0.25) is 0 Å². The summed E-state index contributed by atoms with van der Waals surface area (Å²) in [5.74, 6) is 0.609. The van der Waals surface area contributed by atoms with Crippen molar-refractivity contribution in [1.82, 2.24) is 0 Å². The summed E-state index contributed by atoms with van der Waals surface area (Å²) in [5.41, 5.74) is 0.667. The first-order valence-corrected chi connectivity index (χ1v) is 5.96. The maximum absolute atomic E-state index is 10.9. The molecule has 0 amide bonds. The van der Waals surface area contributed by atoms with E-state index in [4.69, 9.17) is 4.74 Å². The van der Waals surface area contributed by atoms with E-state index in [9.17, 15) is 10.1 Å². The van der Waals surface area contributed by atoms with E-state index in [0.29, 0.717) is 18.0 Å². The Labute approximate surface area is 107 Å². The van der Waals surface area contributed by atoms with Crippen molar-refractivity contribution in [3.63, 3.8) is 0 Å². The molecule has 1 N–H and O–H groups in total. The van der Waals surface area contributed by atoms with Gasteiger partial charge in [0.15, 0.2) is 0 Å². The lowest BCUT2D eigenvalue weighted by molar-refractivity contribution is -0.384. The molecule has 100 valence electrons. The van der Waals surface area contributed by atoms with Gasteiger partial charge in [-0.15, -0.1) is 0 Å². The Bertz CT molecular complexity index is 430. The lowest BCUT2D eigenvalue weighted by Crippen LogP contribution is -2.22. The molecule has 0 heterocycles. The normalized spacial score (nSPS) is 11.1. The van der Waals surface area contributed by atoms with Crippen molar-refractivity contribution >= 4 is 11.4 Å². The molecule has 1 aromatic carbocycles. The van der Waals surface area contributed by atoms with E-state index in [-0.39, 0.29) is 16.0 Å². The Morgan fingerprint density at radius 1 is 1.44 bits per heavy atom. The quantitative estimate of drug-likeness (QED) is 0.622. The summed E-state index contributed by atoms with van der Waals surface area (Å²) >= 11 is 0. The van der Waals surface area contributed by atoms with Gasteiger partial charge in [-0.05, 0) is 17.9 Å². The molecule has 0 radical (unpaired) electrons. The average Bonchev–Trinajstić information content (AvgIpc) is 2.36. The molecular formula is C13H20N2O3. The lowest BCUT2D eigenvalue weighted by atomic mass is 9.90. The highest BCUT2D eigenvalue weighted by molar-refractivity contribution is 5.64. The van der Waals surface area contributed by atoms with E-state index in [2.05, 4.69) is 26.1 Å². The van der Waals surface area contributed by atoms with Crippen LogP contribution in [0.5, 0.6) is 5.75 Å². The van der Waals surface area contributed by atoms with Crippen LogP contribution >= 0.6 is 0 Å². The third-order valence-corrected chi connectivity index (χ3v) is 3.11. The molecule has 0 aliphatic heterocycles. The molecule has 5 heteroatoms. The summed E-state index contributed by atoms with van der Waals surface area (Å²) in [4.78, 5) is 10.6. The van der Waals surface area contributed by atoms with Crippen molar-refractivity contribution < 1.29 is 9.66 Å². The molecule has 1 aromatic rings. The number of hydrogen-bond donors (Lipinski definition) is 1. The van der Waals surface area contributed by atoms with E-state index in [1.165, 1.54) is 6.07 Å². The number of nitrogens with one attached hydrogen (secondary N) is 1. The van der Waals surface area contributed by atoms with Crippen LogP contribution in [0.3, 0.4) is 0 Å². The Kier molecular flexibility index (Phi) is 4.53. The number of ether oxygens (including phenoxy) is 1. The molecule has 0 aromatic heterocycles. The van der Waals surface area contributed by atoms with Gasteiger partial charge in [0.25, 0.3) is 5.69 Å². The maximum Gasteiger partial charge on any atom is 0.292 e. The van der Waals surface area contributed by atoms with Crippen molar-refractivity contribution in [2.45, 2.75) is 27.2 Å². The first-order chi connectivity index (χ1) is 8.39. The van der Waals surface area contributed by atoms with E-state index in [0.717, 1.165) is 6.42 Å². The molecule has 0 spiro atoms. The molecule has 0 bridgehead atoms. The number of rotatable bonds is 6. The highest BCUT2D eigenvalue weighted by atomic mass is 16.6. The average molecular weight is 252 g/mol. The van der Waals surface area contributed by atoms with Crippen LogP contribution in [0.4, 0.5) is 11.4 Å². The van der Waals surface area contributed by atoms with Crippen molar-refractivity contribution in [1.29, 1.82) is 0 Å². The molecular weight excluding hydrogens is 232 g/mol. The van der Waals surface area contributed by atoms with Gasteiger partial charge < -0.3 is 10.1 Å². The zero-order valence-electron chi connectivity index (χ0n) is 11.3. The second kappa shape index (κ2) is 5.71. The summed E-state index contributed by atoms with van der Waals surface area (Å²) < 4.78 is 5.09. The monoisotopic (exact) mass is 252 g/mol. The fourth-order valence-electron chi connectivity index (χ4n) is 1.40. The van der Waals surface area contributed by atoms with E-state index in [1.54, 1.807) is 19.2 Å². The van der Waals surface area contributed by atoms with Crippen molar-refractivity contribution in [2.24, 2.45) is 5.41 Å². The van der Waals surface area contributed by atoms with Crippen LogP contribution in [0.15, 0.2) is 18.2 Å². The summed E-state index contributed by atoms with van der Waals surface area (Å²) in [6.45, 7) is 7.01. The fraction of sp³-hybridized carbons (Fsp3) is 0.538. The molecule has 18 heavy (non-hydrogen) atoms. The topological polar surface area (TPSA) is 64.4 Å². The van der Waals surface area contributed by atoms with Crippen LogP contribution in [0, 0.1) is 15.5 Å². The highest BCUT2D eigenvalue weighted by Crippen LogP contribution is 2.30. The fourth-order valence-corrected chi connectivity index (χ4v) is 1.40. The van der Waals surface area contributed by atoms with Gasteiger partial charge in [-0.1, -0.05) is 20.8 Å². The number of nitro groups is 1. The minimum absolute atomic E-state index is 0.0719. The summed E-state index contributed by atoms with van der Waals surface area (Å²) in [7, 11) is 1.54. The minimum atomic E-state index is -0.388. The van der Waals surface area contributed by atoms with Crippen molar-refractivity contribution in [2.75, 3.05) is 19.0 Å². The van der Waals surface area contributed by atoms with Crippen molar-refractivity contribution in [3.8, 4) is 5.75 Å². The van der Waals surface area contributed by atoms with Gasteiger partial charge in [-0.2, -0.15) is 0 Å². The van der Waals surface area contributed by atoms with Gasteiger partial charge in [0, 0.05) is 18.7 Å². The van der Waals surface area contributed by atoms with Gasteiger partial charge in [-0.25, -0.2) is 0 Å². The number of nitrogens with zero attached hydrogens (tertiary/aromatic N) is 1. The molecule has 0 saturated carbocycles. The number of hydrogen-bond acceptors (Lipinski definition) is 4. The molecule has 0 atom stereocenters.